The van der Waals surface area contributed by atoms with Crippen molar-refractivity contribution in [1.29, 1.82) is 5.26 Å². The molecule has 0 unspecified atom stereocenters. The molecule has 176 valence electrons. The van der Waals surface area contributed by atoms with Crippen LogP contribution in [0, 0.1) is 18.3 Å². The SMILES string of the molecule is C=CCn1c(COc2ccccc2C)nnc1SCC(=O)Nc1sc2c(c1C#N)CCCCC2. The minimum atomic E-state index is -0.163. The van der Waals surface area contributed by atoms with Crippen molar-refractivity contribution in [3.05, 3.63) is 64.3 Å². The summed E-state index contributed by atoms with van der Waals surface area (Å²) in [6.07, 6.45) is 7.08. The Bertz CT molecular complexity index is 1220. The van der Waals surface area contributed by atoms with Crippen molar-refractivity contribution in [2.45, 2.75) is 57.3 Å². The van der Waals surface area contributed by atoms with E-state index in [2.05, 4.69) is 28.2 Å². The van der Waals surface area contributed by atoms with Gasteiger partial charge in [-0.05, 0) is 49.8 Å². The summed E-state index contributed by atoms with van der Waals surface area (Å²) in [6, 6.07) is 10.1. The Morgan fingerprint density at radius 2 is 2.15 bits per heavy atom. The molecule has 0 spiro atoms. The number of thioether (sulfide) groups is 1. The molecule has 1 N–H and O–H groups in total. The number of aryl methyl sites for hydroxylation is 2. The van der Waals surface area contributed by atoms with Gasteiger partial charge in [-0.25, -0.2) is 0 Å². The third kappa shape index (κ3) is 5.51. The maximum Gasteiger partial charge on any atom is 0.235 e. The number of carbonyl (C=O) groups excluding carboxylic acids is 1. The highest BCUT2D eigenvalue weighted by Crippen LogP contribution is 2.37. The fourth-order valence-electron chi connectivity index (χ4n) is 3.95. The smallest absolute Gasteiger partial charge is 0.235 e. The number of nitrogens with one attached hydrogen (secondary N) is 1. The molecule has 2 heterocycles. The first-order chi connectivity index (χ1) is 16.6. The number of para-hydroxylation sites is 1. The van der Waals surface area contributed by atoms with Gasteiger partial charge in [-0.1, -0.05) is 42.5 Å². The zero-order valence-corrected chi connectivity index (χ0v) is 20.8. The number of hydrogen-bond acceptors (Lipinski definition) is 7. The van der Waals surface area contributed by atoms with Crippen molar-refractivity contribution >= 4 is 34.0 Å². The number of ether oxygens (including phenoxy) is 1. The molecule has 0 radical (unpaired) electrons. The first-order valence-electron chi connectivity index (χ1n) is 11.3. The number of benzene rings is 1. The Balaban J connectivity index is 1.40. The van der Waals surface area contributed by atoms with Crippen LogP contribution >= 0.6 is 23.1 Å². The summed E-state index contributed by atoms with van der Waals surface area (Å²) in [5.74, 6) is 1.47. The van der Waals surface area contributed by atoms with Gasteiger partial charge >= 0.3 is 0 Å². The van der Waals surface area contributed by atoms with E-state index < -0.39 is 0 Å². The van der Waals surface area contributed by atoms with Crippen LogP contribution in [-0.2, 0) is 30.8 Å². The van der Waals surface area contributed by atoms with E-state index in [1.807, 2.05) is 35.8 Å². The standard InChI is InChI=1S/C25H27N5O2S2/c1-3-13-30-22(15-32-20-11-8-7-9-17(20)2)28-29-25(30)33-16-23(31)27-24-19(14-26)18-10-5-4-6-12-21(18)34-24/h3,7-9,11H,1,4-6,10,12-13,15-16H2,2H3,(H,27,31). The Morgan fingerprint density at radius 3 is 2.94 bits per heavy atom. The lowest BCUT2D eigenvalue weighted by atomic mass is 10.1. The summed E-state index contributed by atoms with van der Waals surface area (Å²) in [7, 11) is 0. The van der Waals surface area contributed by atoms with Crippen LogP contribution in [0.2, 0.25) is 0 Å². The fraction of sp³-hybridized carbons (Fsp3) is 0.360. The molecule has 4 rings (SSSR count). The molecule has 34 heavy (non-hydrogen) atoms. The average Bonchev–Trinajstić information content (AvgIpc) is 3.28. The topological polar surface area (TPSA) is 92.8 Å². The number of thiophene rings is 1. The van der Waals surface area contributed by atoms with Crippen LogP contribution in [0.3, 0.4) is 0 Å². The van der Waals surface area contributed by atoms with Gasteiger partial charge in [0, 0.05) is 11.4 Å². The van der Waals surface area contributed by atoms with E-state index in [4.69, 9.17) is 4.74 Å². The van der Waals surface area contributed by atoms with Crippen LogP contribution in [0.25, 0.3) is 0 Å². The van der Waals surface area contributed by atoms with Gasteiger partial charge in [0.05, 0.1) is 11.3 Å². The molecule has 0 aliphatic heterocycles. The van der Waals surface area contributed by atoms with Crippen molar-refractivity contribution in [2.75, 3.05) is 11.1 Å². The van der Waals surface area contributed by atoms with Gasteiger partial charge in [-0.15, -0.1) is 28.1 Å². The zero-order valence-electron chi connectivity index (χ0n) is 19.2. The van der Waals surface area contributed by atoms with Crippen LogP contribution in [0.4, 0.5) is 5.00 Å². The van der Waals surface area contributed by atoms with Crippen molar-refractivity contribution in [3.63, 3.8) is 0 Å². The van der Waals surface area contributed by atoms with Gasteiger partial charge in [-0.3, -0.25) is 9.36 Å². The van der Waals surface area contributed by atoms with Crippen LogP contribution in [0.5, 0.6) is 5.75 Å². The van der Waals surface area contributed by atoms with E-state index in [1.165, 1.54) is 23.1 Å². The van der Waals surface area contributed by atoms with Gasteiger partial charge in [0.25, 0.3) is 0 Å². The van der Waals surface area contributed by atoms with Crippen molar-refractivity contribution in [1.82, 2.24) is 14.8 Å². The van der Waals surface area contributed by atoms with Crippen molar-refractivity contribution < 1.29 is 9.53 Å². The number of amides is 1. The quantitative estimate of drug-likeness (QED) is 0.248. The second-order valence-corrected chi connectivity index (χ2v) is 10.1. The summed E-state index contributed by atoms with van der Waals surface area (Å²) < 4.78 is 7.83. The molecule has 2 aromatic heterocycles. The highest BCUT2D eigenvalue weighted by atomic mass is 32.2. The largest absolute Gasteiger partial charge is 0.485 e. The summed E-state index contributed by atoms with van der Waals surface area (Å²) >= 11 is 2.85. The van der Waals surface area contributed by atoms with Crippen LogP contribution in [0.15, 0.2) is 42.1 Å². The van der Waals surface area contributed by atoms with Crippen molar-refractivity contribution in [3.8, 4) is 11.8 Å². The summed E-state index contributed by atoms with van der Waals surface area (Å²) in [5.41, 5.74) is 2.80. The number of carbonyl (C=O) groups is 1. The third-order valence-electron chi connectivity index (χ3n) is 5.67. The molecule has 3 aromatic rings. The van der Waals surface area contributed by atoms with Crippen molar-refractivity contribution in [2.24, 2.45) is 0 Å². The minimum Gasteiger partial charge on any atom is -0.485 e. The number of rotatable bonds is 9. The number of allylic oxidation sites excluding steroid dienone is 1. The Kier molecular flexibility index (Phi) is 8.03. The molecule has 0 atom stereocenters. The predicted octanol–water partition coefficient (Wildman–Crippen LogP) is 5.28. The number of nitrogens with zero attached hydrogens (tertiary/aromatic N) is 4. The summed E-state index contributed by atoms with van der Waals surface area (Å²) in [4.78, 5) is 14.0. The molecule has 0 saturated carbocycles. The van der Waals surface area contributed by atoms with Gasteiger partial charge in [0.2, 0.25) is 5.91 Å². The molecule has 7 nitrogen and oxygen atoms in total. The van der Waals surface area contributed by atoms with E-state index in [9.17, 15) is 10.1 Å². The normalized spacial score (nSPS) is 12.9. The lowest BCUT2D eigenvalue weighted by Gasteiger charge is -2.10. The van der Waals surface area contributed by atoms with E-state index in [1.54, 1.807) is 17.4 Å². The molecule has 1 aliphatic rings. The summed E-state index contributed by atoms with van der Waals surface area (Å²) in [6.45, 7) is 6.60. The minimum absolute atomic E-state index is 0.163. The maximum absolute atomic E-state index is 12.7. The Labute approximate surface area is 207 Å². The number of nitriles is 1. The second kappa shape index (κ2) is 11.4. The molecule has 1 aromatic carbocycles. The molecule has 0 saturated heterocycles. The van der Waals surface area contributed by atoms with Gasteiger partial charge < -0.3 is 10.1 Å². The number of aromatic nitrogens is 3. The zero-order chi connectivity index (χ0) is 23.9. The van der Waals surface area contributed by atoms with E-state index >= 15 is 0 Å². The first kappa shape index (κ1) is 24.0. The van der Waals surface area contributed by atoms with Crippen LogP contribution < -0.4 is 10.1 Å². The lowest BCUT2D eigenvalue weighted by Crippen LogP contribution is -2.15. The van der Waals surface area contributed by atoms with E-state index in [-0.39, 0.29) is 18.3 Å². The van der Waals surface area contributed by atoms with Gasteiger partial charge in [-0.2, -0.15) is 5.26 Å². The van der Waals surface area contributed by atoms with Crippen LogP contribution in [-0.4, -0.2) is 26.4 Å². The molecular weight excluding hydrogens is 466 g/mol. The predicted molar refractivity (Wildman–Crippen MR) is 135 cm³/mol. The lowest BCUT2D eigenvalue weighted by molar-refractivity contribution is -0.113. The molecule has 0 bridgehead atoms. The number of anilines is 1. The monoisotopic (exact) mass is 493 g/mol. The van der Waals surface area contributed by atoms with Crippen LogP contribution in [0.1, 0.15) is 46.7 Å². The highest BCUT2D eigenvalue weighted by Gasteiger charge is 2.21. The maximum atomic E-state index is 12.7. The number of hydrogen-bond donors (Lipinski definition) is 1. The first-order valence-corrected chi connectivity index (χ1v) is 13.1. The Morgan fingerprint density at radius 1 is 1.32 bits per heavy atom. The van der Waals surface area contributed by atoms with Gasteiger partial charge in [0.1, 0.15) is 23.4 Å². The average molecular weight is 494 g/mol. The molecular formula is C25H27N5O2S2. The number of fused-ring (bicyclic) bond motifs is 1. The summed E-state index contributed by atoms with van der Waals surface area (Å²) in [5, 5.41) is 22.5. The molecule has 9 heteroatoms. The molecule has 1 amide bonds. The van der Waals surface area contributed by atoms with Gasteiger partial charge in [0.15, 0.2) is 11.0 Å². The fourth-order valence-corrected chi connectivity index (χ4v) is 5.97. The molecule has 0 fully saturated rings. The van der Waals surface area contributed by atoms with E-state index in [0.717, 1.165) is 42.6 Å². The molecule has 1 aliphatic carbocycles. The third-order valence-corrected chi connectivity index (χ3v) is 7.85. The Hall–Kier alpha value is -3.09. The van der Waals surface area contributed by atoms with E-state index in [0.29, 0.717) is 28.1 Å². The highest BCUT2D eigenvalue weighted by molar-refractivity contribution is 7.99. The second-order valence-electron chi connectivity index (χ2n) is 8.07.